The lowest BCUT2D eigenvalue weighted by Crippen LogP contribution is -2.44. The highest BCUT2D eigenvalue weighted by Gasteiger charge is 2.25. The molecular formula is C11H15NO5S2. The molecule has 1 rings (SSSR count). The number of hydrogen-bond acceptors (Lipinski definition) is 5. The summed E-state index contributed by atoms with van der Waals surface area (Å²) in [5.74, 6) is -1.97. The first-order valence-electron chi connectivity index (χ1n) is 5.46. The molecule has 0 aliphatic rings. The average Bonchev–Trinajstić information content (AvgIpc) is 2.73. The Kier molecular flexibility index (Phi) is 4.70. The Bertz CT molecular complexity index is 588. The zero-order valence-electron chi connectivity index (χ0n) is 10.7. The Balaban J connectivity index is 2.90. The molecule has 0 saturated heterocycles. The van der Waals surface area contributed by atoms with Crippen LogP contribution in [-0.2, 0) is 14.6 Å². The molecule has 0 radical (unpaired) electrons. The fourth-order valence-corrected chi connectivity index (χ4v) is 3.20. The van der Waals surface area contributed by atoms with Gasteiger partial charge in [-0.05, 0) is 18.1 Å². The highest BCUT2D eigenvalue weighted by molar-refractivity contribution is 7.92. The lowest BCUT2D eigenvalue weighted by molar-refractivity contribution is -0.140. The summed E-state index contributed by atoms with van der Waals surface area (Å²) in [5, 5.41) is 11.3. The first kappa shape index (κ1) is 15.6. The van der Waals surface area contributed by atoms with Gasteiger partial charge in [-0.3, -0.25) is 4.79 Å². The lowest BCUT2D eigenvalue weighted by atomic mass is 10.0. The molecular weight excluding hydrogens is 290 g/mol. The summed E-state index contributed by atoms with van der Waals surface area (Å²) in [5.41, 5.74) is 0. The quantitative estimate of drug-likeness (QED) is 0.845. The molecule has 1 amide bonds. The van der Waals surface area contributed by atoms with E-state index in [-0.39, 0.29) is 15.0 Å². The maximum atomic E-state index is 11.8. The van der Waals surface area contributed by atoms with Gasteiger partial charge in [-0.25, -0.2) is 13.2 Å². The fourth-order valence-electron chi connectivity index (χ4n) is 1.37. The molecule has 6 nitrogen and oxygen atoms in total. The van der Waals surface area contributed by atoms with Crippen molar-refractivity contribution in [2.45, 2.75) is 24.1 Å². The van der Waals surface area contributed by atoms with E-state index in [1.807, 2.05) is 0 Å². The van der Waals surface area contributed by atoms with E-state index >= 15 is 0 Å². The molecule has 1 atom stereocenters. The Morgan fingerprint density at radius 1 is 1.32 bits per heavy atom. The monoisotopic (exact) mass is 305 g/mol. The molecule has 0 spiro atoms. The van der Waals surface area contributed by atoms with Crippen molar-refractivity contribution in [3.8, 4) is 0 Å². The van der Waals surface area contributed by atoms with E-state index in [9.17, 15) is 18.0 Å². The third-order valence-corrected chi connectivity index (χ3v) is 5.29. The van der Waals surface area contributed by atoms with E-state index in [2.05, 4.69) is 5.32 Å². The number of amides is 1. The molecule has 0 aliphatic carbocycles. The van der Waals surface area contributed by atoms with Gasteiger partial charge in [0.2, 0.25) is 0 Å². The molecule has 0 fully saturated rings. The standard InChI is InChI=1S/C11H15NO5S2/c1-6(2)9(11(14)15)12-10(13)7-4-5-8(18-7)19(3,16)17/h4-6,9H,1-3H3,(H,12,13)(H,14,15)/t9-/m1/s1. The zero-order chi connectivity index (χ0) is 14.8. The van der Waals surface area contributed by atoms with Gasteiger partial charge in [-0.15, -0.1) is 11.3 Å². The van der Waals surface area contributed by atoms with Crippen LogP contribution < -0.4 is 5.32 Å². The second kappa shape index (κ2) is 5.70. The van der Waals surface area contributed by atoms with Gasteiger partial charge in [0.1, 0.15) is 10.3 Å². The molecule has 0 saturated carbocycles. The number of carbonyl (C=O) groups is 2. The largest absolute Gasteiger partial charge is 0.480 e. The van der Waals surface area contributed by atoms with Gasteiger partial charge >= 0.3 is 5.97 Å². The van der Waals surface area contributed by atoms with Crippen molar-refractivity contribution in [2.24, 2.45) is 5.92 Å². The Labute approximate surface area is 115 Å². The minimum Gasteiger partial charge on any atom is -0.480 e. The van der Waals surface area contributed by atoms with Gasteiger partial charge in [0, 0.05) is 6.26 Å². The van der Waals surface area contributed by atoms with E-state index < -0.39 is 27.8 Å². The summed E-state index contributed by atoms with van der Waals surface area (Å²) in [4.78, 5) is 23.0. The van der Waals surface area contributed by atoms with Crippen LogP contribution in [0.2, 0.25) is 0 Å². The minimum absolute atomic E-state index is 0.0778. The van der Waals surface area contributed by atoms with Crippen molar-refractivity contribution in [2.75, 3.05) is 6.26 Å². The molecule has 1 heterocycles. The van der Waals surface area contributed by atoms with Crippen molar-refractivity contribution >= 4 is 33.1 Å². The number of thiophene rings is 1. The molecule has 0 aromatic carbocycles. The van der Waals surface area contributed by atoms with E-state index in [0.717, 1.165) is 17.6 Å². The Morgan fingerprint density at radius 3 is 2.26 bits per heavy atom. The second-order valence-electron chi connectivity index (χ2n) is 4.42. The molecule has 1 aromatic heterocycles. The van der Waals surface area contributed by atoms with Gasteiger partial charge in [-0.1, -0.05) is 13.8 Å². The number of rotatable bonds is 5. The number of hydrogen-bond donors (Lipinski definition) is 2. The second-order valence-corrected chi connectivity index (χ2v) is 7.75. The van der Waals surface area contributed by atoms with Gasteiger partial charge in [-0.2, -0.15) is 0 Å². The van der Waals surface area contributed by atoms with E-state index in [0.29, 0.717) is 0 Å². The van der Waals surface area contributed by atoms with Crippen LogP contribution in [0.3, 0.4) is 0 Å². The van der Waals surface area contributed by atoms with Crippen LogP contribution in [0.1, 0.15) is 23.5 Å². The predicted molar refractivity (Wildman–Crippen MR) is 71.2 cm³/mol. The summed E-state index contributed by atoms with van der Waals surface area (Å²) < 4.78 is 22.7. The molecule has 106 valence electrons. The molecule has 0 aliphatic heterocycles. The van der Waals surface area contributed by atoms with E-state index in [1.54, 1.807) is 13.8 Å². The SMILES string of the molecule is CC(C)[C@@H](NC(=O)c1ccc(S(C)(=O)=O)s1)C(=O)O. The molecule has 8 heteroatoms. The minimum atomic E-state index is -3.35. The lowest BCUT2D eigenvalue weighted by Gasteiger charge is -2.17. The number of carboxylic acid groups (broad SMARTS) is 1. The average molecular weight is 305 g/mol. The number of sulfone groups is 1. The number of nitrogens with one attached hydrogen (secondary N) is 1. The van der Waals surface area contributed by atoms with Crippen LogP contribution in [0, 0.1) is 5.92 Å². The third-order valence-electron chi connectivity index (χ3n) is 2.39. The fraction of sp³-hybridized carbons (Fsp3) is 0.455. The topological polar surface area (TPSA) is 101 Å². The third kappa shape index (κ3) is 4.03. The van der Waals surface area contributed by atoms with Crippen molar-refractivity contribution < 1.29 is 23.1 Å². The maximum Gasteiger partial charge on any atom is 0.326 e. The first-order chi connectivity index (χ1) is 8.62. The predicted octanol–water partition coefficient (Wildman–Crippen LogP) is 0.991. The van der Waals surface area contributed by atoms with Gasteiger partial charge in [0.15, 0.2) is 9.84 Å². The van der Waals surface area contributed by atoms with Gasteiger partial charge < -0.3 is 10.4 Å². The molecule has 19 heavy (non-hydrogen) atoms. The van der Waals surface area contributed by atoms with Crippen LogP contribution in [0.4, 0.5) is 0 Å². The van der Waals surface area contributed by atoms with Crippen molar-refractivity contribution in [1.82, 2.24) is 5.32 Å². The first-order valence-corrected chi connectivity index (χ1v) is 8.17. The highest BCUT2D eigenvalue weighted by atomic mass is 32.2. The summed E-state index contributed by atoms with van der Waals surface area (Å²) in [6, 6.07) is 1.70. The Morgan fingerprint density at radius 2 is 1.89 bits per heavy atom. The molecule has 2 N–H and O–H groups in total. The number of aliphatic carboxylic acids is 1. The van der Waals surface area contributed by atoms with Crippen LogP contribution in [-0.4, -0.2) is 37.7 Å². The smallest absolute Gasteiger partial charge is 0.326 e. The molecule has 1 aromatic rings. The van der Waals surface area contributed by atoms with Crippen molar-refractivity contribution in [3.63, 3.8) is 0 Å². The van der Waals surface area contributed by atoms with Crippen molar-refractivity contribution in [1.29, 1.82) is 0 Å². The molecule has 0 unspecified atom stereocenters. The summed E-state index contributed by atoms with van der Waals surface area (Å²) >= 11 is 0.820. The Hall–Kier alpha value is -1.41. The number of carbonyl (C=O) groups excluding carboxylic acids is 1. The van der Waals surface area contributed by atoms with Gasteiger partial charge in [0.25, 0.3) is 5.91 Å². The van der Waals surface area contributed by atoms with Gasteiger partial charge in [0.05, 0.1) is 4.88 Å². The summed E-state index contributed by atoms with van der Waals surface area (Å²) in [6.45, 7) is 3.35. The number of carboxylic acids is 1. The zero-order valence-corrected chi connectivity index (χ0v) is 12.3. The summed E-state index contributed by atoms with van der Waals surface area (Å²) in [6.07, 6.45) is 1.05. The van der Waals surface area contributed by atoms with Crippen LogP contribution >= 0.6 is 11.3 Å². The van der Waals surface area contributed by atoms with Crippen LogP contribution in [0.25, 0.3) is 0 Å². The van der Waals surface area contributed by atoms with Crippen molar-refractivity contribution in [3.05, 3.63) is 17.0 Å². The van der Waals surface area contributed by atoms with E-state index in [1.165, 1.54) is 12.1 Å². The van der Waals surface area contributed by atoms with Crippen LogP contribution in [0.15, 0.2) is 16.3 Å². The highest BCUT2D eigenvalue weighted by Crippen LogP contribution is 2.21. The van der Waals surface area contributed by atoms with Crippen LogP contribution in [0.5, 0.6) is 0 Å². The maximum absolute atomic E-state index is 11.8. The summed E-state index contributed by atoms with van der Waals surface area (Å²) in [7, 11) is -3.35. The molecule has 0 bridgehead atoms. The normalized spacial score (nSPS) is 13.3. The van der Waals surface area contributed by atoms with E-state index in [4.69, 9.17) is 5.11 Å².